The molecule has 0 radical (unpaired) electrons. The molecule has 0 spiro atoms. The van der Waals surface area contributed by atoms with Crippen LogP contribution in [0.2, 0.25) is 0 Å². The number of rotatable bonds is 3. The van der Waals surface area contributed by atoms with Gasteiger partial charge in [0.1, 0.15) is 5.82 Å². The van der Waals surface area contributed by atoms with Crippen LogP contribution in [0.4, 0.5) is 4.39 Å². The van der Waals surface area contributed by atoms with Crippen LogP contribution in [0.3, 0.4) is 0 Å². The maximum absolute atomic E-state index is 14.2. The van der Waals surface area contributed by atoms with Gasteiger partial charge in [-0.1, -0.05) is 25.3 Å². The van der Waals surface area contributed by atoms with E-state index in [1.54, 1.807) is 23.9 Å². The van der Waals surface area contributed by atoms with Gasteiger partial charge in [-0.25, -0.2) is 4.39 Å². The van der Waals surface area contributed by atoms with Gasteiger partial charge in [0.2, 0.25) is 0 Å². The topological polar surface area (TPSA) is 26.0 Å². The molecule has 1 aliphatic carbocycles. The minimum Gasteiger partial charge on any atom is -0.330 e. The van der Waals surface area contributed by atoms with Crippen LogP contribution in [0.1, 0.15) is 37.7 Å². The Morgan fingerprint density at radius 1 is 1.29 bits per heavy atom. The molecule has 0 atom stereocenters. The van der Waals surface area contributed by atoms with Crippen molar-refractivity contribution >= 4 is 11.8 Å². The van der Waals surface area contributed by atoms with E-state index in [1.807, 2.05) is 12.3 Å². The van der Waals surface area contributed by atoms with Crippen molar-refractivity contribution in [3.05, 3.63) is 29.6 Å². The van der Waals surface area contributed by atoms with E-state index in [4.69, 9.17) is 5.73 Å². The zero-order valence-electron chi connectivity index (χ0n) is 10.3. The average Bonchev–Trinajstić information content (AvgIpc) is 2.39. The molecule has 1 fully saturated rings. The van der Waals surface area contributed by atoms with Gasteiger partial charge in [0, 0.05) is 22.4 Å². The predicted octanol–water partition coefficient (Wildman–Crippen LogP) is 3.71. The summed E-state index contributed by atoms with van der Waals surface area (Å²) in [6, 6.07) is 5.37. The molecule has 0 unspecified atom stereocenters. The fraction of sp³-hybridized carbons (Fsp3) is 0.571. The summed E-state index contributed by atoms with van der Waals surface area (Å²) < 4.78 is 14.2. The van der Waals surface area contributed by atoms with E-state index >= 15 is 0 Å². The molecule has 1 aromatic rings. The fourth-order valence-electron chi connectivity index (χ4n) is 2.97. The Morgan fingerprint density at radius 3 is 2.59 bits per heavy atom. The van der Waals surface area contributed by atoms with Crippen LogP contribution < -0.4 is 5.73 Å². The number of hydrogen-bond donors (Lipinski definition) is 1. The summed E-state index contributed by atoms with van der Waals surface area (Å²) in [4.78, 5) is 1.05. The lowest BCUT2D eigenvalue weighted by atomic mass is 9.69. The lowest BCUT2D eigenvalue weighted by Crippen LogP contribution is -2.38. The van der Waals surface area contributed by atoms with Crippen LogP contribution in [0.25, 0.3) is 0 Å². The van der Waals surface area contributed by atoms with Crippen molar-refractivity contribution in [3.8, 4) is 0 Å². The van der Waals surface area contributed by atoms with E-state index in [0.29, 0.717) is 6.54 Å². The SMILES string of the molecule is CSc1cccc(F)c1C1(CN)CCCCC1. The van der Waals surface area contributed by atoms with E-state index in [0.717, 1.165) is 23.3 Å². The quantitative estimate of drug-likeness (QED) is 0.831. The first-order valence-electron chi connectivity index (χ1n) is 6.26. The van der Waals surface area contributed by atoms with Gasteiger partial charge in [-0.2, -0.15) is 0 Å². The molecule has 1 aliphatic rings. The smallest absolute Gasteiger partial charge is 0.128 e. The fourth-order valence-corrected chi connectivity index (χ4v) is 3.71. The Morgan fingerprint density at radius 2 is 2.00 bits per heavy atom. The lowest BCUT2D eigenvalue weighted by molar-refractivity contribution is 0.287. The first-order valence-corrected chi connectivity index (χ1v) is 7.49. The zero-order chi connectivity index (χ0) is 12.3. The molecule has 0 amide bonds. The summed E-state index contributed by atoms with van der Waals surface area (Å²) >= 11 is 1.62. The third-order valence-corrected chi connectivity index (χ3v) is 4.71. The minimum atomic E-state index is -0.123. The lowest BCUT2D eigenvalue weighted by Gasteiger charge is -2.38. The number of nitrogens with two attached hydrogens (primary N) is 1. The monoisotopic (exact) mass is 253 g/mol. The second kappa shape index (κ2) is 5.40. The van der Waals surface area contributed by atoms with Gasteiger partial charge in [0.05, 0.1) is 0 Å². The molecule has 0 aliphatic heterocycles. The van der Waals surface area contributed by atoms with Crippen LogP contribution in [-0.4, -0.2) is 12.8 Å². The Bertz CT molecular complexity index is 386. The molecule has 0 bridgehead atoms. The summed E-state index contributed by atoms with van der Waals surface area (Å²) in [6.07, 6.45) is 7.64. The number of hydrogen-bond acceptors (Lipinski definition) is 2. The Hall–Kier alpha value is -0.540. The van der Waals surface area contributed by atoms with Crippen molar-refractivity contribution in [1.82, 2.24) is 0 Å². The van der Waals surface area contributed by atoms with E-state index in [-0.39, 0.29) is 11.2 Å². The molecule has 0 heterocycles. The Labute approximate surface area is 107 Å². The van der Waals surface area contributed by atoms with E-state index in [1.165, 1.54) is 19.3 Å². The molecule has 0 aromatic heterocycles. The maximum atomic E-state index is 14.2. The van der Waals surface area contributed by atoms with Crippen LogP contribution in [0.15, 0.2) is 23.1 Å². The number of thioether (sulfide) groups is 1. The van der Waals surface area contributed by atoms with Gasteiger partial charge >= 0.3 is 0 Å². The van der Waals surface area contributed by atoms with Crippen molar-refractivity contribution in [1.29, 1.82) is 0 Å². The molecular weight excluding hydrogens is 233 g/mol. The van der Waals surface area contributed by atoms with E-state index < -0.39 is 0 Å². The van der Waals surface area contributed by atoms with Crippen LogP contribution in [0, 0.1) is 5.82 Å². The first-order chi connectivity index (χ1) is 8.23. The third-order valence-electron chi connectivity index (χ3n) is 3.93. The molecule has 1 saturated carbocycles. The van der Waals surface area contributed by atoms with Crippen molar-refractivity contribution in [3.63, 3.8) is 0 Å². The first kappa shape index (κ1) is 12.9. The zero-order valence-corrected chi connectivity index (χ0v) is 11.2. The molecule has 1 aromatic carbocycles. The van der Waals surface area contributed by atoms with Crippen LogP contribution >= 0.6 is 11.8 Å². The van der Waals surface area contributed by atoms with E-state index in [9.17, 15) is 4.39 Å². The van der Waals surface area contributed by atoms with Gasteiger partial charge in [-0.15, -0.1) is 11.8 Å². The molecule has 2 N–H and O–H groups in total. The van der Waals surface area contributed by atoms with Crippen molar-refractivity contribution in [2.75, 3.05) is 12.8 Å². The molecular formula is C14H20FNS. The van der Waals surface area contributed by atoms with Crippen LogP contribution in [0.5, 0.6) is 0 Å². The van der Waals surface area contributed by atoms with Gasteiger partial charge in [-0.3, -0.25) is 0 Å². The van der Waals surface area contributed by atoms with Gasteiger partial charge in [0.15, 0.2) is 0 Å². The number of benzene rings is 1. The summed E-state index contributed by atoms with van der Waals surface area (Å²) in [7, 11) is 0. The predicted molar refractivity (Wildman–Crippen MR) is 72.0 cm³/mol. The van der Waals surface area contributed by atoms with Crippen molar-refractivity contribution < 1.29 is 4.39 Å². The van der Waals surface area contributed by atoms with Crippen LogP contribution in [-0.2, 0) is 5.41 Å². The Kier molecular flexibility index (Phi) is 4.10. The minimum absolute atomic E-state index is 0.0794. The summed E-state index contributed by atoms with van der Waals surface area (Å²) in [6.45, 7) is 0.557. The van der Waals surface area contributed by atoms with Gasteiger partial charge in [0.25, 0.3) is 0 Å². The van der Waals surface area contributed by atoms with Gasteiger partial charge in [-0.05, 0) is 31.2 Å². The highest BCUT2D eigenvalue weighted by Gasteiger charge is 2.36. The maximum Gasteiger partial charge on any atom is 0.128 e. The molecule has 2 rings (SSSR count). The summed E-state index contributed by atoms with van der Waals surface area (Å²) in [5.41, 5.74) is 6.73. The Balaban J connectivity index is 2.49. The molecule has 94 valence electrons. The second-order valence-electron chi connectivity index (χ2n) is 4.86. The largest absolute Gasteiger partial charge is 0.330 e. The molecule has 17 heavy (non-hydrogen) atoms. The van der Waals surface area contributed by atoms with Crippen molar-refractivity contribution in [2.24, 2.45) is 5.73 Å². The second-order valence-corrected chi connectivity index (χ2v) is 5.71. The highest BCUT2D eigenvalue weighted by atomic mass is 32.2. The molecule has 3 heteroatoms. The highest BCUT2D eigenvalue weighted by Crippen LogP contribution is 2.43. The summed E-state index contributed by atoms with van der Waals surface area (Å²) in [5, 5.41) is 0. The van der Waals surface area contributed by atoms with E-state index in [2.05, 4.69) is 0 Å². The molecule has 1 nitrogen and oxygen atoms in total. The number of halogens is 1. The normalized spacial score (nSPS) is 19.2. The van der Waals surface area contributed by atoms with Gasteiger partial charge < -0.3 is 5.73 Å². The average molecular weight is 253 g/mol. The molecule has 0 saturated heterocycles. The summed E-state index contributed by atoms with van der Waals surface area (Å²) in [5.74, 6) is -0.0794. The standard InChI is InChI=1S/C14H20FNS/c1-17-12-7-5-6-11(15)13(12)14(10-16)8-3-2-4-9-14/h5-7H,2-4,8-10,16H2,1H3. The highest BCUT2D eigenvalue weighted by molar-refractivity contribution is 7.98. The third kappa shape index (κ3) is 2.36. The van der Waals surface area contributed by atoms with Crippen molar-refractivity contribution in [2.45, 2.75) is 42.4 Å².